The predicted octanol–water partition coefficient (Wildman–Crippen LogP) is 1.41. The molecule has 5 nitrogen and oxygen atoms in total. The van der Waals surface area contributed by atoms with Gasteiger partial charge in [0.25, 0.3) is 0 Å². The standard InChI is InChI=1S/C39H16B10N4O/c1-16(40)28(41)32(45)33(46)29(42)21-9-6-12-24-26(21)20-14-13-17(15-25(20)54-24)37-50-38(27-30(43)34(47)36(49)35(48)31(27)44)52-39(51-37)53-22-10-4-2-7-18(22)19-8-3-5-11-23(19)53/h2-15H,1H2/b32-28-,33-29+. The van der Waals surface area contributed by atoms with E-state index in [1.54, 1.807) is 6.07 Å². The molecule has 0 fully saturated rings. The van der Waals surface area contributed by atoms with Gasteiger partial charge in [-0.1, -0.05) is 71.0 Å². The molecular formula is C39H16B10N4O. The van der Waals surface area contributed by atoms with Crippen molar-refractivity contribution in [3.8, 4) is 28.7 Å². The lowest BCUT2D eigenvalue weighted by molar-refractivity contribution is 0.669. The summed E-state index contributed by atoms with van der Waals surface area (Å²) in [4.78, 5) is 14.8. The van der Waals surface area contributed by atoms with Gasteiger partial charge in [0, 0.05) is 32.7 Å². The Balaban J connectivity index is 1.38. The second-order valence-corrected chi connectivity index (χ2v) is 12.8. The molecule has 0 N–H and O–H groups in total. The maximum absolute atomic E-state index is 6.58. The van der Waals surface area contributed by atoms with E-state index in [0.717, 1.165) is 27.2 Å². The van der Waals surface area contributed by atoms with Crippen LogP contribution in [0, 0.1) is 0 Å². The molecule has 0 saturated carbocycles. The van der Waals surface area contributed by atoms with Crippen molar-refractivity contribution in [1.82, 2.24) is 19.5 Å². The first kappa shape index (κ1) is 35.6. The summed E-state index contributed by atoms with van der Waals surface area (Å²) in [6, 6.07) is 26.9. The molecule has 0 atom stereocenters. The number of hydrogen-bond donors (Lipinski definition) is 0. The van der Waals surface area contributed by atoms with Crippen molar-refractivity contribution in [2.75, 3.05) is 0 Å². The van der Waals surface area contributed by atoms with Crippen LogP contribution >= 0.6 is 0 Å². The molecule has 228 valence electrons. The lowest BCUT2D eigenvalue weighted by Gasteiger charge is -2.20. The van der Waals surface area contributed by atoms with Gasteiger partial charge in [-0.3, -0.25) is 4.57 Å². The van der Waals surface area contributed by atoms with Crippen LogP contribution in [0.4, 0.5) is 0 Å². The van der Waals surface area contributed by atoms with Gasteiger partial charge in [-0.15, -0.1) is 44.9 Å². The average Bonchev–Trinajstić information content (AvgIpc) is 3.73. The Morgan fingerprint density at radius 1 is 0.556 bits per heavy atom. The topological polar surface area (TPSA) is 56.7 Å². The first-order chi connectivity index (χ1) is 25.9. The highest BCUT2D eigenvalue weighted by Gasteiger charge is 2.22. The zero-order valence-corrected chi connectivity index (χ0v) is 28.8. The van der Waals surface area contributed by atoms with E-state index in [2.05, 4.69) is 6.58 Å². The van der Waals surface area contributed by atoms with Gasteiger partial charge in [-0.2, -0.15) is 9.97 Å². The van der Waals surface area contributed by atoms with Gasteiger partial charge in [-0.25, -0.2) is 4.98 Å². The Morgan fingerprint density at radius 3 is 1.78 bits per heavy atom. The van der Waals surface area contributed by atoms with Gasteiger partial charge in [0.1, 0.15) is 89.6 Å². The second-order valence-electron chi connectivity index (χ2n) is 12.8. The lowest BCUT2D eigenvalue weighted by Crippen LogP contribution is -2.55. The van der Waals surface area contributed by atoms with Crippen LogP contribution in [0.3, 0.4) is 0 Å². The van der Waals surface area contributed by atoms with E-state index in [4.69, 9.17) is 97.8 Å². The maximum atomic E-state index is 6.58. The Morgan fingerprint density at radius 2 is 1.15 bits per heavy atom. The molecule has 0 aliphatic carbocycles. The number of nitrogens with zero attached hydrogens (tertiary/aromatic N) is 4. The fourth-order valence-electron chi connectivity index (χ4n) is 6.73. The van der Waals surface area contributed by atoms with E-state index in [0.29, 0.717) is 33.6 Å². The van der Waals surface area contributed by atoms with Crippen LogP contribution < -0.4 is 27.3 Å². The van der Waals surface area contributed by atoms with E-state index in [1.807, 2.05) is 83.4 Å². The third kappa shape index (κ3) is 5.59. The van der Waals surface area contributed by atoms with Crippen molar-refractivity contribution in [2.24, 2.45) is 0 Å². The molecule has 3 heterocycles. The maximum Gasteiger partial charge on any atom is 0.238 e. The van der Waals surface area contributed by atoms with Crippen LogP contribution in [0.1, 0.15) is 5.56 Å². The van der Waals surface area contributed by atoms with Crippen molar-refractivity contribution in [1.29, 1.82) is 0 Å². The minimum absolute atomic E-state index is 0.0164. The summed E-state index contributed by atoms with van der Waals surface area (Å²) in [5.41, 5.74) is 4.94. The summed E-state index contributed by atoms with van der Waals surface area (Å²) in [5, 5.41) is 3.47. The molecule has 20 radical (unpaired) electrons. The fourth-order valence-corrected chi connectivity index (χ4v) is 6.73. The summed E-state index contributed by atoms with van der Waals surface area (Å²) >= 11 is 0. The van der Waals surface area contributed by atoms with Crippen molar-refractivity contribution in [3.63, 3.8) is 0 Å². The number of fused-ring (bicyclic) bond motifs is 6. The molecule has 3 aromatic heterocycles. The number of allylic oxidation sites excluding steroid dienone is 4. The van der Waals surface area contributed by atoms with Crippen LogP contribution in [-0.2, 0) is 0 Å². The summed E-state index contributed by atoms with van der Waals surface area (Å²) in [5.74, 6) is 0.715. The monoisotopic (exact) mass is 666 g/mol. The number of rotatable bonds is 6. The molecule has 0 saturated heterocycles. The number of furan rings is 1. The minimum atomic E-state index is 0.0164. The van der Waals surface area contributed by atoms with Gasteiger partial charge in [0.15, 0.2) is 11.6 Å². The molecule has 5 aromatic carbocycles. The predicted molar refractivity (Wildman–Crippen MR) is 231 cm³/mol. The highest BCUT2D eigenvalue weighted by Crippen LogP contribution is 2.37. The molecule has 0 aliphatic rings. The SMILES string of the molecule is [B]C(=C)/C([B])=C([B])\C([B])=C(/[B])c1cccc2oc3cc(-c4nc(-c5c([B])c([B])c([B])c([B])c5[B])nc(-n5c6ccccc6c6ccccc65)n4)ccc3c12. The molecule has 0 aliphatic heterocycles. The number of aromatic nitrogens is 4. The van der Waals surface area contributed by atoms with Gasteiger partial charge in [0.05, 0.1) is 11.0 Å². The van der Waals surface area contributed by atoms with Crippen molar-refractivity contribution in [2.45, 2.75) is 0 Å². The van der Waals surface area contributed by atoms with E-state index in [1.165, 1.54) is 0 Å². The first-order valence-electron chi connectivity index (χ1n) is 16.5. The molecule has 15 heteroatoms. The molecule has 0 unspecified atom stereocenters. The highest BCUT2D eigenvalue weighted by atomic mass is 16.3. The Kier molecular flexibility index (Phi) is 8.87. The molecule has 0 amide bonds. The number of benzene rings is 5. The van der Waals surface area contributed by atoms with Gasteiger partial charge in [0.2, 0.25) is 5.95 Å². The largest absolute Gasteiger partial charge is 0.456 e. The van der Waals surface area contributed by atoms with Crippen LogP contribution in [-0.4, -0.2) is 98.0 Å². The summed E-state index contributed by atoms with van der Waals surface area (Å²) < 4.78 is 8.32. The quantitative estimate of drug-likeness (QED) is 0.200. The van der Waals surface area contributed by atoms with E-state index in [-0.39, 0.29) is 71.9 Å². The fraction of sp³-hybridized carbons (Fsp3) is 0. The third-order valence-electron chi connectivity index (χ3n) is 9.59. The first-order valence-corrected chi connectivity index (χ1v) is 16.5. The van der Waals surface area contributed by atoms with Crippen molar-refractivity contribution in [3.05, 3.63) is 119 Å². The Bertz CT molecular complexity index is 2900. The summed E-state index contributed by atoms with van der Waals surface area (Å²) in [7, 11) is 62.7. The smallest absolute Gasteiger partial charge is 0.238 e. The van der Waals surface area contributed by atoms with Crippen LogP contribution in [0.5, 0.6) is 0 Å². The van der Waals surface area contributed by atoms with E-state index < -0.39 is 0 Å². The number of hydrogen-bond acceptors (Lipinski definition) is 4. The highest BCUT2D eigenvalue weighted by molar-refractivity contribution is 6.68. The molecule has 0 spiro atoms. The normalized spacial score (nSPS) is 12.7. The van der Waals surface area contributed by atoms with Gasteiger partial charge < -0.3 is 4.42 Å². The lowest BCUT2D eigenvalue weighted by atomic mass is 9.60. The van der Waals surface area contributed by atoms with Crippen LogP contribution in [0.15, 0.2) is 118 Å². The Labute approximate surface area is 325 Å². The zero-order chi connectivity index (χ0) is 38.2. The zero-order valence-electron chi connectivity index (χ0n) is 28.8. The molecule has 8 aromatic rings. The Hall–Kier alpha value is -5.42. The van der Waals surface area contributed by atoms with Crippen LogP contribution in [0.25, 0.3) is 77.9 Å². The molecule has 8 rings (SSSR count). The van der Waals surface area contributed by atoms with Crippen LogP contribution in [0.2, 0.25) is 0 Å². The second kappa shape index (κ2) is 13.5. The molecule has 0 bridgehead atoms. The summed E-state index contributed by atoms with van der Waals surface area (Å²) in [6.45, 7) is 3.63. The third-order valence-corrected chi connectivity index (χ3v) is 9.59. The van der Waals surface area contributed by atoms with Crippen molar-refractivity contribution < 1.29 is 4.42 Å². The minimum Gasteiger partial charge on any atom is -0.456 e. The van der Waals surface area contributed by atoms with Gasteiger partial charge in [-0.05, 0) is 35.9 Å². The van der Waals surface area contributed by atoms with Gasteiger partial charge >= 0.3 is 0 Å². The van der Waals surface area contributed by atoms with E-state index >= 15 is 0 Å². The molecular weight excluding hydrogens is 649 g/mol. The number of para-hydroxylation sites is 2. The summed E-state index contributed by atoms with van der Waals surface area (Å²) in [6.07, 6.45) is 0. The molecule has 54 heavy (non-hydrogen) atoms. The average molecular weight is 665 g/mol. The van der Waals surface area contributed by atoms with E-state index in [9.17, 15) is 0 Å². The van der Waals surface area contributed by atoms with Crippen molar-refractivity contribution >= 4 is 155 Å².